The molecule has 124 valence electrons. The first-order valence-corrected chi connectivity index (χ1v) is 8.74. The largest absolute Gasteiger partial charge is 0.382 e. The molecule has 1 aromatic heterocycles. The molecule has 1 heterocycles. The van der Waals surface area contributed by atoms with Crippen LogP contribution in [0.25, 0.3) is 5.69 Å². The number of halogens is 4. The van der Waals surface area contributed by atoms with Gasteiger partial charge in [-0.25, -0.2) is 13.2 Å². The Kier molecular flexibility index (Phi) is 4.06. The molecule has 1 unspecified atom stereocenters. The fourth-order valence-corrected chi connectivity index (χ4v) is 3.86. The van der Waals surface area contributed by atoms with E-state index in [0.717, 1.165) is 6.07 Å². The summed E-state index contributed by atoms with van der Waals surface area (Å²) in [5, 5.41) is 10.1. The molecular formula is C15H13ClF3NO2S. The van der Waals surface area contributed by atoms with Crippen molar-refractivity contribution in [1.29, 1.82) is 0 Å². The fourth-order valence-electron chi connectivity index (χ4n) is 2.86. The van der Waals surface area contributed by atoms with Crippen LogP contribution in [0.15, 0.2) is 29.3 Å². The zero-order chi connectivity index (χ0) is 16.9. The van der Waals surface area contributed by atoms with Crippen molar-refractivity contribution in [2.24, 2.45) is 0 Å². The van der Waals surface area contributed by atoms with Crippen LogP contribution < -0.4 is 0 Å². The third-order valence-corrected chi connectivity index (χ3v) is 5.08. The fraction of sp³-hybridized carbons (Fsp3) is 0.333. The molecule has 1 aliphatic rings. The van der Waals surface area contributed by atoms with Crippen LogP contribution in [0.5, 0.6) is 0 Å². The van der Waals surface area contributed by atoms with E-state index < -0.39 is 35.1 Å². The molecule has 1 N–H and O–H groups in total. The van der Waals surface area contributed by atoms with Gasteiger partial charge in [-0.15, -0.1) is 0 Å². The molecule has 2 atom stereocenters. The van der Waals surface area contributed by atoms with Gasteiger partial charge in [-0.1, -0.05) is 11.6 Å². The SMILES string of the molecule is CS(=O)c1cn(-c2cc(F)cc(Cl)c2)c2c1[C@@H](O)C(F)(F)CC2. The van der Waals surface area contributed by atoms with Crippen molar-refractivity contribution < 1.29 is 22.5 Å². The van der Waals surface area contributed by atoms with E-state index >= 15 is 0 Å². The molecule has 0 spiro atoms. The molecule has 8 heteroatoms. The number of nitrogens with zero attached hydrogens (tertiary/aromatic N) is 1. The summed E-state index contributed by atoms with van der Waals surface area (Å²) in [4.78, 5) is 0.118. The number of hydrogen-bond donors (Lipinski definition) is 1. The van der Waals surface area contributed by atoms with Gasteiger partial charge >= 0.3 is 0 Å². The molecule has 1 aliphatic carbocycles. The van der Waals surface area contributed by atoms with Gasteiger partial charge in [0.25, 0.3) is 5.92 Å². The molecule has 3 nitrogen and oxygen atoms in total. The Labute approximate surface area is 138 Å². The number of benzene rings is 1. The molecule has 3 rings (SSSR count). The Morgan fingerprint density at radius 2 is 2.09 bits per heavy atom. The number of rotatable bonds is 2. The maximum Gasteiger partial charge on any atom is 0.278 e. The second-order valence-electron chi connectivity index (χ2n) is 5.47. The molecule has 0 amide bonds. The summed E-state index contributed by atoms with van der Waals surface area (Å²) in [5.41, 5.74) is 0.693. The molecule has 0 bridgehead atoms. The van der Waals surface area contributed by atoms with Gasteiger partial charge in [0.1, 0.15) is 11.9 Å². The lowest BCUT2D eigenvalue weighted by Gasteiger charge is -2.29. The molecule has 0 fully saturated rings. The zero-order valence-corrected chi connectivity index (χ0v) is 13.6. The van der Waals surface area contributed by atoms with Gasteiger partial charge < -0.3 is 9.67 Å². The second kappa shape index (κ2) is 5.65. The molecule has 1 aromatic carbocycles. The second-order valence-corrected chi connectivity index (χ2v) is 7.25. The van der Waals surface area contributed by atoms with Gasteiger partial charge in [0.2, 0.25) is 0 Å². The smallest absolute Gasteiger partial charge is 0.278 e. The standard InChI is InChI=1S/C15H13ClF3NO2S/c1-23(22)12-7-20(10-5-8(16)4-9(17)6-10)11-2-3-15(18,19)14(21)13(11)12/h4-7,14,21H,2-3H2,1H3/t14-,23?/m1/s1. The number of aliphatic hydroxyl groups excluding tert-OH is 1. The molecular weight excluding hydrogens is 351 g/mol. The first-order chi connectivity index (χ1) is 10.7. The van der Waals surface area contributed by atoms with Gasteiger partial charge in [-0.05, 0) is 24.6 Å². The first-order valence-electron chi connectivity index (χ1n) is 6.80. The van der Waals surface area contributed by atoms with Gasteiger partial charge in [-0.3, -0.25) is 4.21 Å². The molecule has 23 heavy (non-hydrogen) atoms. The summed E-state index contributed by atoms with van der Waals surface area (Å²) in [6.45, 7) is 0. The van der Waals surface area contributed by atoms with Crippen molar-refractivity contribution in [2.45, 2.75) is 29.8 Å². The van der Waals surface area contributed by atoms with Crippen molar-refractivity contribution in [3.63, 3.8) is 0 Å². The Morgan fingerprint density at radius 3 is 2.70 bits per heavy atom. The molecule has 2 aromatic rings. The predicted molar refractivity (Wildman–Crippen MR) is 81.3 cm³/mol. The zero-order valence-electron chi connectivity index (χ0n) is 12.0. The van der Waals surface area contributed by atoms with Crippen molar-refractivity contribution >= 4 is 22.4 Å². The lowest BCUT2D eigenvalue weighted by molar-refractivity contribution is -0.123. The highest BCUT2D eigenvalue weighted by molar-refractivity contribution is 7.84. The highest BCUT2D eigenvalue weighted by Gasteiger charge is 2.46. The van der Waals surface area contributed by atoms with E-state index in [1.54, 1.807) is 0 Å². The van der Waals surface area contributed by atoms with E-state index in [4.69, 9.17) is 11.6 Å². The summed E-state index contributed by atoms with van der Waals surface area (Å²) >= 11 is 5.84. The first kappa shape index (κ1) is 16.5. The van der Waals surface area contributed by atoms with Crippen LogP contribution in [0.3, 0.4) is 0 Å². The Morgan fingerprint density at radius 1 is 1.39 bits per heavy atom. The van der Waals surface area contributed by atoms with Gasteiger partial charge in [0.15, 0.2) is 0 Å². The maximum atomic E-state index is 13.8. The summed E-state index contributed by atoms with van der Waals surface area (Å²) in [6, 6.07) is 3.81. The van der Waals surface area contributed by atoms with E-state index in [0.29, 0.717) is 11.4 Å². The molecule has 0 saturated heterocycles. The number of fused-ring (bicyclic) bond motifs is 1. The van der Waals surface area contributed by atoms with Crippen LogP contribution in [0.1, 0.15) is 23.8 Å². The molecule has 0 saturated carbocycles. The minimum Gasteiger partial charge on any atom is -0.382 e. The lowest BCUT2D eigenvalue weighted by atomic mass is 9.91. The maximum absolute atomic E-state index is 13.8. The van der Waals surface area contributed by atoms with Gasteiger partial charge in [0, 0.05) is 40.8 Å². The number of aliphatic hydroxyl groups is 1. The van der Waals surface area contributed by atoms with E-state index in [1.165, 1.54) is 29.2 Å². The van der Waals surface area contributed by atoms with Crippen molar-refractivity contribution in [2.75, 3.05) is 6.26 Å². The van der Waals surface area contributed by atoms with Crippen LogP contribution in [0.2, 0.25) is 5.02 Å². The number of hydrogen-bond acceptors (Lipinski definition) is 2. The average Bonchev–Trinajstić information content (AvgIpc) is 2.82. The molecule has 0 aliphatic heterocycles. The van der Waals surface area contributed by atoms with Gasteiger partial charge in [0.05, 0.1) is 15.7 Å². The van der Waals surface area contributed by atoms with Crippen LogP contribution >= 0.6 is 11.6 Å². The Hall–Kier alpha value is -1.31. The monoisotopic (exact) mass is 363 g/mol. The van der Waals surface area contributed by atoms with Crippen LogP contribution in [-0.4, -0.2) is 26.1 Å². The topological polar surface area (TPSA) is 42.2 Å². The van der Waals surface area contributed by atoms with E-state index in [1.807, 2.05) is 0 Å². The summed E-state index contributed by atoms with van der Waals surface area (Å²) in [7, 11) is -1.58. The average molecular weight is 364 g/mol. The number of alkyl halides is 2. The van der Waals surface area contributed by atoms with Crippen molar-refractivity contribution in [3.8, 4) is 5.69 Å². The summed E-state index contributed by atoms with van der Waals surface area (Å²) in [5.74, 6) is -3.86. The van der Waals surface area contributed by atoms with E-state index in [9.17, 15) is 22.5 Å². The van der Waals surface area contributed by atoms with E-state index in [2.05, 4.69) is 0 Å². The van der Waals surface area contributed by atoms with Crippen LogP contribution in [-0.2, 0) is 17.2 Å². The Bertz CT molecular complexity index is 786. The highest BCUT2D eigenvalue weighted by Crippen LogP contribution is 2.45. The predicted octanol–water partition coefficient (Wildman–Crippen LogP) is 3.62. The normalized spacial score (nSPS) is 21.0. The van der Waals surface area contributed by atoms with Crippen molar-refractivity contribution in [3.05, 3.63) is 46.5 Å². The summed E-state index contributed by atoms with van der Waals surface area (Å²) < 4.78 is 54.6. The Balaban J connectivity index is 2.25. The van der Waals surface area contributed by atoms with Gasteiger partial charge in [-0.2, -0.15) is 0 Å². The van der Waals surface area contributed by atoms with E-state index in [-0.39, 0.29) is 21.9 Å². The quantitative estimate of drug-likeness (QED) is 0.885. The lowest BCUT2D eigenvalue weighted by Crippen LogP contribution is -2.32. The minimum absolute atomic E-state index is 0.0231. The summed E-state index contributed by atoms with van der Waals surface area (Å²) in [6.07, 6.45) is 0.152. The third kappa shape index (κ3) is 2.81. The van der Waals surface area contributed by atoms with Crippen LogP contribution in [0.4, 0.5) is 13.2 Å². The minimum atomic E-state index is -3.28. The third-order valence-electron chi connectivity index (χ3n) is 3.92. The van der Waals surface area contributed by atoms with Crippen molar-refractivity contribution in [1.82, 2.24) is 4.57 Å². The molecule has 0 radical (unpaired) electrons. The highest BCUT2D eigenvalue weighted by atomic mass is 35.5. The number of aromatic nitrogens is 1. The van der Waals surface area contributed by atoms with Crippen LogP contribution in [0, 0.1) is 5.82 Å².